The Balaban J connectivity index is 0.589. The SMILES string of the molecule is CCCOP(=O)([O-])OC[C@@H](COC(=O)CCCCCCC[C@H]1C[C@@H]2[C@H]3[C@@H]4[C@H]5CC[C@H]5[C@@H]4[C@H]3[C@H]12)OCCCCCCCC[C@H]1CC[C@@H]2[C@H](C1)[C@H]1[C@@H]3CC[C@@H]3[C@@H]21. The number of rotatable bonds is 26. The number of phosphoric ester groups is 1. The Morgan fingerprint density at radius 2 is 1.19 bits per heavy atom. The maximum Gasteiger partial charge on any atom is 0.305 e. The number of carbonyl (C=O) groups is 1. The fraction of sp³-hybridized carbons (Fsp3) is 0.978. The normalized spacial score (nSPS) is 43.9. The smallest absolute Gasteiger partial charge is 0.305 e. The van der Waals surface area contributed by atoms with Crippen molar-refractivity contribution in [2.45, 2.75) is 161 Å². The summed E-state index contributed by atoms with van der Waals surface area (Å²) < 4.78 is 33.8. The van der Waals surface area contributed by atoms with Crippen LogP contribution in [0.1, 0.15) is 155 Å². The predicted octanol–water partition coefficient (Wildman–Crippen LogP) is 10.4. The molecule has 7 nitrogen and oxygen atoms in total. The van der Waals surface area contributed by atoms with Crippen molar-refractivity contribution < 1.29 is 32.8 Å². The van der Waals surface area contributed by atoms with Gasteiger partial charge in [-0.25, -0.2) is 0 Å². The van der Waals surface area contributed by atoms with Gasteiger partial charge < -0.3 is 23.4 Å². The monoisotopic (exact) mass is 770 g/mol. The van der Waals surface area contributed by atoms with Crippen molar-refractivity contribution in [2.75, 3.05) is 26.4 Å². The van der Waals surface area contributed by atoms with E-state index in [1.165, 1.54) is 101 Å². The van der Waals surface area contributed by atoms with E-state index in [9.17, 15) is 14.3 Å². The minimum absolute atomic E-state index is 0.00638. The van der Waals surface area contributed by atoms with Crippen molar-refractivity contribution in [3.63, 3.8) is 0 Å². The number of hydrogen-bond donors (Lipinski definition) is 0. The fourth-order valence-electron chi connectivity index (χ4n) is 15.5. The zero-order valence-corrected chi connectivity index (χ0v) is 34.6. The molecular formula is C46H74O7P-. The van der Waals surface area contributed by atoms with Crippen LogP contribution in [-0.2, 0) is 27.9 Å². The van der Waals surface area contributed by atoms with E-state index in [1.54, 1.807) is 32.1 Å². The van der Waals surface area contributed by atoms with Crippen LogP contribution in [0.25, 0.3) is 0 Å². The topological polar surface area (TPSA) is 94.1 Å². The minimum Gasteiger partial charge on any atom is -0.756 e. The van der Waals surface area contributed by atoms with Crippen molar-refractivity contribution in [1.82, 2.24) is 0 Å². The molecule has 0 spiro atoms. The van der Waals surface area contributed by atoms with Gasteiger partial charge in [0.05, 0.1) is 13.2 Å². The maximum absolute atomic E-state index is 12.6. The van der Waals surface area contributed by atoms with Crippen molar-refractivity contribution in [2.24, 2.45) is 94.7 Å². The van der Waals surface area contributed by atoms with Gasteiger partial charge in [-0.3, -0.25) is 9.36 Å². The summed E-state index contributed by atoms with van der Waals surface area (Å²) in [7, 11) is -4.41. The van der Waals surface area contributed by atoms with Crippen LogP contribution in [0.15, 0.2) is 0 Å². The second-order valence-electron chi connectivity index (χ2n) is 20.5. The highest BCUT2D eigenvalue weighted by molar-refractivity contribution is 7.45. The summed E-state index contributed by atoms with van der Waals surface area (Å²) in [5.74, 6) is 17.9. The molecule has 0 heterocycles. The first-order chi connectivity index (χ1) is 26.4. The molecule has 54 heavy (non-hydrogen) atoms. The second kappa shape index (κ2) is 17.0. The lowest BCUT2D eigenvalue weighted by Gasteiger charge is -2.85. The Morgan fingerprint density at radius 3 is 1.93 bits per heavy atom. The average molecular weight is 770 g/mol. The third-order valence-electron chi connectivity index (χ3n) is 18.2. The summed E-state index contributed by atoms with van der Waals surface area (Å²) in [5.41, 5.74) is 0. The highest BCUT2D eigenvalue weighted by atomic mass is 31.2. The van der Waals surface area contributed by atoms with Gasteiger partial charge in [0.15, 0.2) is 0 Å². The first kappa shape index (κ1) is 39.0. The highest BCUT2D eigenvalue weighted by Gasteiger charge is 2.79. The van der Waals surface area contributed by atoms with Gasteiger partial charge in [-0.1, -0.05) is 84.0 Å². The maximum atomic E-state index is 12.6. The van der Waals surface area contributed by atoms with Crippen molar-refractivity contribution >= 4 is 13.8 Å². The summed E-state index contributed by atoms with van der Waals surface area (Å²) in [6.07, 6.45) is 28.4. The number of phosphoric acid groups is 1. The van der Waals surface area contributed by atoms with Gasteiger partial charge in [0.2, 0.25) is 0 Å². The zero-order chi connectivity index (χ0) is 36.8. The molecule has 0 aliphatic heterocycles. The molecule has 8 heteroatoms. The lowest BCUT2D eigenvalue weighted by atomic mass is 9.20. The third-order valence-corrected chi connectivity index (χ3v) is 19.2. The molecule has 306 valence electrons. The van der Waals surface area contributed by atoms with Crippen LogP contribution in [-0.4, -0.2) is 38.5 Å². The van der Waals surface area contributed by atoms with Gasteiger partial charge in [0, 0.05) is 13.0 Å². The van der Waals surface area contributed by atoms with Crippen molar-refractivity contribution in [3.05, 3.63) is 0 Å². The van der Waals surface area contributed by atoms with E-state index in [2.05, 4.69) is 0 Å². The molecule has 0 bridgehead atoms. The molecule has 0 aromatic rings. The van der Waals surface area contributed by atoms with Crippen LogP contribution in [0, 0.1) is 94.7 Å². The Labute approximate surface area is 327 Å². The lowest BCUT2D eigenvalue weighted by Crippen LogP contribution is -2.80. The molecule has 9 saturated carbocycles. The van der Waals surface area contributed by atoms with Crippen molar-refractivity contribution in [3.8, 4) is 0 Å². The summed E-state index contributed by atoms with van der Waals surface area (Å²) in [6.45, 7) is 2.25. The van der Waals surface area contributed by atoms with E-state index in [4.69, 9.17) is 18.5 Å². The molecule has 18 atom stereocenters. The van der Waals surface area contributed by atoms with Crippen LogP contribution in [0.2, 0.25) is 0 Å². The van der Waals surface area contributed by atoms with Crippen LogP contribution in [0.5, 0.6) is 0 Å². The molecule has 1 unspecified atom stereocenters. The highest BCUT2D eigenvalue weighted by Crippen LogP contribution is 2.84. The molecule has 0 N–H and O–H groups in total. The first-order valence-electron chi connectivity index (χ1n) is 23.8. The van der Waals surface area contributed by atoms with Crippen molar-refractivity contribution in [1.29, 1.82) is 0 Å². The fourth-order valence-corrected chi connectivity index (χ4v) is 16.3. The Morgan fingerprint density at radius 1 is 0.593 bits per heavy atom. The van der Waals surface area contributed by atoms with E-state index in [0.717, 1.165) is 96.7 Å². The van der Waals surface area contributed by atoms with E-state index < -0.39 is 13.9 Å². The number of unbranched alkanes of at least 4 members (excludes halogenated alkanes) is 9. The van der Waals surface area contributed by atoms with E-state index >= 15 is 0 Å². The van der Waals surface area contributed by atoms with Gasteiger partial charge >= 0.3 is 5.97 Å². The summed E-state index contributed by atoms with van der Waals surface area (Å²) in [4.78, 5) is 24.8. The van der Waals surface area contributed by atoms with E-state index in [0.29, 0.717) is 19.4 Å². The number of hydrogen-bond acceptors (Lipinski definition) is 7. The Bertz CT molecular complexity index is 1310. The van der Waals surface area contributed by atoms with Crippen LogP contribution in [0.3, 0.4) is 0 Å². The molecule has 0 radical (unpaired) electrons. The first-order valence-corrected chi connectivity index (χ1v) is 25.3. The van der Waals surface area contributed by atoms with Gasteiger partial charge in [-0.05, 0) is 159 Å². The average Bonchev–Trinajstić information content (AvgIpc) is 3.13. The van der Waals surface area contributed by atoms with Gasteiger partial charge in [-0.2, -0.15) is 0 Å². The zero-order valence-electron chi connectivity index (χ0n) is 33.7. The lowest BCUT2D eigenvalue weighted by molar-refractivity contribution is -0.375. The van der Waals surface area contributed by atoms with Gasteiger partial charge in [0.25, 0.3) is 7.82 Å². The molecule has 9 rings (SSSR count). The molecule has 9 fully saturated rings. The number of carbonyl (C=O) groups excluding carboxylic acids is 1. The summed E-state index contributed by atoms with van der Waals surface area (Å²) in [5, 5.41) is 0. The summed E-state index contributed by atoms with van der Waals surface area (Å²) >= 11 is 0. The largest absolute Gasteiger partial charge is 0.756 e. The van der Waals surface area contributed by atoms with Crippen LogP contribution < -0.4 is 4.89 Å². The Kier molecular flexibility index (Phi) is 12.3. The minimum atomic E-state index is -4.41. The van der Waals surface area contributed by atoms with Gasteiger partial charge in [0.1, 0.15) is 12.7 Å². The molecule has 0 aromatic heterocycles. The van der Waals surface area contributed by atoms with Crippen LogP contribution >= 0.6 is 7.82 Å². The molecule has 0 amide bonds. The second-order valence-corrected chi connectivity index (χ2v) is 21.9. The summed E-state index contributed by atoms with van der Waals surface area (Å²) in [6, 6.07) is 0. The predicted molar refractivity (Wildman–Crippen MR) is 208 cm³/mol. The molecule has 0 saturated heterocycles. The molecular weight excluding hydrogens is 695 g/mol. The third kappa shape index (κ3) is 7.49. The van der Waals surface area contributed by atoms with E-state index in [-0.39, 0.29) is 25.8 Å². The standard InChI is InChI=1S/C46H75O7P/c1-2-23-52-54(48,49)53-28-31(50-24-13-9-4-3-6-10-14-29-17-18-36-37(25-29)42-33-20-19-32(33)41(36)42)27-51-39(47)16-12-8-5-7-11-15-30-26-38-40(30)46-44-35-22-21-34(35)43(44)45(38)46/h29-38,40-46H,2-28H2,1H3,(H,48,49)/p-1/t29-,30-,31+,32-,33+,34-,35+,36+,37-,38-,40+,41-,42+,43+,44-,45-,46+/m0/s1. The van der Waals surface area contributed by atoms with Crippen LogP contribution in [0.4, 0.5) is 0 Å². The molecule has 0 aromatic carbocycles. The number of ether oxygens (including phenoxy) is 2. The Hall–Kier alpha value is -0.460. The molecule has 9 aliphatic carbocycles. The number of esters is 1. The van der Waals surface area contributed by atoms with E-state index in [1.807, 2.05) is 6.92 Å². The molecule has 9 aliphatic rings. The van der Waals surface area contributed by atoms with Gasteiger partial charge in [-0.15, -0.1) is 0 Å². The number of fused-ring (bicyclic) bond motifs is 17. The quantitative estimate of drug-likeness (QED) is 0.0374.